The number of carbonyl (C=O) groups is 2. The van der Waals surface area contributed by atoms with Crippen molar-refractivity contribution in [1.82, 2.24) is 0 Å². The Balaban J connectivity index is 2.12. The van der Waals surface area contributed by atoms with Gasteiger partial charge in [0, 0.05) is 12.0 Å². The molecule has 1 aliphatic rings. The van der Waals surface area contributed by atoms with Gasteiger partial charge >= 0.3 is 12.2 Å². The van der Waals surface area contributed by atoms with Crippen LogP contribution in [0.15, 0.2) is 53.7 Å². The summed E-state index contributed by atoms with van der Waals surface area (Å²) in [7, 11) is 0. The minimum atomic E-state index is -0.878. The molecule has 2 N–H and O–H groups in total. The smallest absolute Gasteiger partial charge is 0.433 e. The predicted octanol–water partition coefficient (Wildman–Crippen LogP) is 3.34. The van der Waals surface area contributed by atoms with Crippen LogP contribution in [0.4, 0.5) is 21.0 Å². The van der Waals surface area contributed by atoms with Crippen LogP contribution in [0.1, 0.15) is 18.1 Å². The van der Waals surface area contributed by atoms with Gasteiger partial charge in [0.25, 0.3) is 0 Å². The quantitative estimate of drug-likeness (QED) is 0.516. The number of hydrogen-bond donors (Lipinski definition) is 1. The van der Waals surface area contributed by atoms with E-state index in [4.69, 9.17) is 15.3 Å². The van der Waals surface area contributed by atoms with Crippen molar-refractivity contribution in [3.8, 4) is 0 Å². The highest BCUT2D eigenvalue weighted by molar-refractivity contribution is 6.13. The number of primary amides is 1. The molecule has 0 unspecified atom stereocenters. The number of rotatable bonds is 2. The molecule has 0 radical (unpaired) electrons. The van der Waals surface area contributed by atoms with Gasteiger partial charge in [-0.1, -0.05) is 41.6 Å². The van der Waals surface area contributed by atoms with Gasteiger partial charge in [0.1, 0.15) is 0 Å². The maximum absolute atomic E-state index is 12.1. The first kappa shape index (κ1) is 16.5. The summed E-state index contributed by atoms with van der Waals surface area (Å²) >= 11 is 0. The molecular formula is C18H17N3O4. The average Bonchev–Trinajstić information content (AvgIpc) is 2.74. The van der Waals surface area contributed by atoms with E-state index in [9.17, 15) is 9.59 Å². The molecule has 128 valence electrons. The van der Waals surface area contributed by atoms with Crippen molar-refractivity contribution in [2.45, 2.75) is 13.3 Å². The molecule has 0 atom stereocenters. The molecule has 0 saturated carbocycles. The lowest BCUT2D eigenvalue weighted by molar-refractivity contribution is 0.0612. The zero-order chi connectivity index (χ0) is 17.8. The molecule has 2 amide bonds. The Hall–Kier alpha value is -3.35. The molecule has 25 heavy (non-hydrogen) atoms. The normalized spacial score (nSPS) is 14.3. The number of nitrogens with zero attached hydrogens (tertiary/aromatic N) is 2. The molecule has 2 aromatic rings. The van der Waals surface area contributed by atoms with E-state index in [0.717, 1.165) is 5.56 Å². The molecule has 1 heterocycles. The molecule has 7 nitrogen and oxygen atoms in total. The van der Waals surface area contributed by atoms with Crippen LogP contribution in [0.2, 0.25) is 0 Å². The number of fused-ring (bicyclic) bond motifs is 2. The fourth-order valence-corrected chi connectivity index (χ4v) is 2.75. The van der Waals surface area contributed by atoms with Crippen molar-refractivity contribution >= 4 is 29.3 Å². The Bertz CT molecular complexity index is 848. The maximum atomic E-state index is 12.1. The number of nitrogens with two attached hydrogens (primary N) is 1. The zero-order valence-electron chi connectivity index (χ0n) is 13.6. The summed E-state index contributed by atoms with van der Waals surface area (Å²) in [5, 5.41) is 3.96. The summed E-state index contributed by atoms with van der Waals surface area (Å²) < 4.78 is 4.73. The van der Waals surface area contributed by atoms with Crippen molar-refractivity contribution < 1.29 is 19.2 Å². The van der Waals surface area contributed by atoms with Gasteiger partial charge in [-0.3, -0.25) is 9.74 Å². The van der Waals surface area contributed by atoms with E-state index in [1.807, 2.05) is 30.3 Å². The fraction of sp³-hybridized carbons (Fsp3) is 0.167. The van der Waals surface area contributed by atoms with Crippen molar-refractivity contribution in [3.05, 3.63) is 59.7 Å². The molecular weight excluding hydrogens is 322 g/mol. The summed E-state index contributed by atoms with van der Waals surface area (Å²) in [6.07, 6.45) is -0.507. The van der Waals surface area contributed by atoms with Gasteiger partial charge in [-0.05, 0) is 24.6 Å². The lowest BCUT2D eigenvalue weighted by Gasteiger charge is -2.22. The molecule has 0 fully saturated rings. The molecule has 0 bridgehead atoms. The highest BCUT2D eigenvalue weighted by atomic mass is 16.8. The number of ether oxygens (including phenoxy) is 1. The summed E-state index contributed by atoms with van der Waals surface area (Å²) in [5.74, 6) is 0. The molecule has 2 aromatic carbocycles. The largest absolute Gasteiger partial charge is 0.535 e. The molecule has 7 heteroatoms. The number of oxime groups is 1. The van der Waals surface area contributed by atoms with Crippen LogP contribution in [0.3, 0.4) is 0 Å². The van der Waals surface area contributed by atoms with Crippen LogP contribution in [0.25, 0.3) is 0 Å². The number of hydrogen-bond acceptors (Lipinski definition) is 5. The van der Waals surface area contributed by atoms with Crippen LogP contribution in [0, 0.1) is 0 Å². The van der Waals surface area contributed by atoms with Crippen LogP contribution in [-0.4, -0.2) is 24.5 Å². The first-order valence-electron chi connectivity index (χ1n) is 7.79. The summed E-state index contributed by atoms with van der Waals surface area (Å²) in [6.45, 7) is 1.87. The van der Waals surface area contributed by atoms with E-state index in [1.165, 1.54) is 4.90 Å². The van der Waals surface area contributed by atoms with Gasteiger partial charge in [-0.25, -0.2) is 9.59 Å². The Morgan fingerprint density at radius 2 is 1.80 bits per heavy atom. The van der Waals surface area contributed by atoms with Crippen molar-refractivity contribution in [3.63, 3.8) is 0 Å². The predicted molar refractivity (Wildman–Crippen MR) is 93.0 cm³/mol. The Morgan fingerprint density at radius 1 is 1.12 bits per heavy atom. The minimum Gasteiger partial charge on any atom is -0.433 e. The van der Waals surface area contributed by atoms with E-state index in [-0.39, 0.29) is 6.61 Å². The lowest BCUT2D eigenvalue weighted by Crippen LogP contribution is -2.32. The highest BCUT2D eigenvalue weighted by Crippen LogP contribution is 2.35. The van der Waals surface area contributed by atoms with E-state index >= 15 is 0 Å². The summed E-state index contributed by atoms with van der Waals surface area (Å²) in [6, 6.07) is 13.9. The first-order valence-corrected chi connectivity index (χ1v) is 7.79. The molecule has 0 aliphatic carbocycles. The third-order valence-corrected chi connectivity index (χ3v) is 3.76. The van der Waals surface area contributed by atoms with Crippen LogP contribution in [0.5, 0.6) is 0 Å². The Morgan fingerprint density at radius 3 is 2.52 bits per heavy atom. The Labute approximate surface area is 144 Å². The minimum absolute atomic E-state index is 0.193. The monoisotopic (exact) mass is 339 g/mol. The topological polar surface area (TPSA) is 94.2 Å². The third kappa shape index (κ3) is 3.30. The second kappa shape index (κ2) is 7.04. The maximum Gasteiger partial charge on any atom is 0.535 e. The standard InChI is InChI=1S/C18H17N3O4/c1-2-24-18(23)25-20-14-11-12-7-3-5-9-15(12)21(17(19)22)16-10-6-4-8-13(14)16/h3-10H,2,11H2,1H3,(H2,19,22)/b20-14-. The van der Waals surface area contributed by atoms with Crippen LogP contribution in [-0.2, 0) is 16.0 Å². The molecule has 0 aromatic heterocycles. The van der Waals surface area contributed by atoms with Crippen LogP contribution >= 0.6 is 0 Å². The van der Waals surface area contributed by atoms with Crippen LogP contribution < -0.4 is 10.6 Å². The van der Waals surface area contributed by atoms with Gasteiger partial charge in [0.2, 0.25) is 0 Å². The van der Waals surface area contributed by atoms with E-state index in [2.05, 4.69) is 5.16 Å². The highest BCUT2D eigenvalue weighted by Gasteiger charge is 2.27. The number of para-hydroxylation sites is 2. The second-order valence-corrected chi connectivity index (χ2v) is 5.31. The van der Waals surface area contributed by atoms with E-state index in [0.29, 0.717) is 29.1 Å². The number of carbonyl (C=O) groups excluding carboxylic acids is 2. The van der Waals surface area contributed by atoms with E-state index in [1.54, 1.807) is 25.1 Å². The van der Waals surface area contributed by atoms with Gasteiger partial charge in [0.05, 0.1) is 23.7 Å². The number of urea groups is 1. The summed E-state index contributed by atoms with van der Waals surface area (Å²) in [5.41, 5.74) is 8.85. The number of amides is 2. The number of anilines is 2. The molecule has 0 spiro atoms. The zero-order valence-corrected chi connectivity index (χ0v) is 13.6. The van der Waals surface area contributed by atoms with Gasteiger partial charge in [0.15, 0.2) is 0 Å². The van der Waals surface area contributed by atoms with Crippen molar-refractivity contribution in [2.75, 3.05) is 11.5 Å². The van der Waals surface area contributed by atoms with Crippen molar-refractivity contribution in [1.29, 1.82) is 0 Å². The third-order valence-electron chi connectivity index (χ3n) is 3.76. The Kier molecular flexibility index (Phi) is 4.65. The van der Waals surface area contributed by atoms with Gasteiger partial charge in [-0.15, -0.1) is 0 Å². The molecule has 3 rings (SSSR count). The molecule has 1 aliphatic heterocycles. The SMILES string of the molecule is CCOC(=O)O/N=C1/Cc2ccccc2N(C(N)=O)c2ccccc21. The van der Waals surface area contributed by atoms with Gasteiger partial charge < -0.3 is 10.5 Å². The second-order valence-electron chi connectivity index (χ2n) is 5.31. The first-order chi connectivity index (χ1) is 12.1. The van der Waals surface area contributed by atoms with Crippen molar-refractivity contribution in [2.24, 2.45) is 10.9 Å². The number of benzene rings is 2. The summed E-state index contributed by atoms with van der Waals surface area (Å²) in [4.78, 5) is 29.8. The molecule has 0 saturated heterocycles. The average molecular weight is 339 g/mol. The van der Waals surface area contributed by atoms with E-state index < -0.39 is 12.2 Å². The fourth-order valence-electron chi connectivity index (χ4n) is 2.75. The van der Waals surface area contributed by atoms with Gasteiger partial charge in [-0.2, -0.15) is 0 Å². The lowest BCUT2D eigenvalue weighted by atomic mass is 10.0.